The van der Waals surface area contributed by atoms with Crippen molar-refractivity contribution in [1.29, 1.82) is 0 Å². The van der Waals surface area contributed by atoms with Gasteiger partial charge in [0.2, 0.25) is 0 Å². The number of carbonyl (C=O) groups excluding carboxylic acids is 1. The van der Waals surface area contributed by atoms with Gasteiger partial charge >= 0.3 is 0 Å². The molecule has 1 N–H and O–H groups in total. The number of anilines is 1. The minimum atomic E-state index is 0.0345. The summed E-state index contributed by atoms with van der Waals surface area (Å²) in [6, 6.07) is 3.68. The number of pyridine rings is 1. The minimum Gasteiger partial charge on any atom is -0.383 e. The highest BCUT2D eigenvalue weighted by atomic mass is 16.5. The van der Waals surface area contributed by atoms with Gasteiger partial charge in [0.1, 0.15) is 5.69 Å². The maximum absolute atomic E-state index is 12.4. The Morgan fingerprint density at radius 1 is 1.50 bits per heavy atom. The van der Waals surface area contributed by atoms with E-state index in [1.807, 2.05) is 17.0 Å². The molecule has 110 valence electrons. The maximum atomic E-state index is 12.4. The fraction of sp³-hybridized carbons (Fsp3) is 0.600. The van der Waals surface area contributed by atoms with Gasteiger partial charge in [0.25, 0.3) is 5.91 Å². The van der Waals surface area contributed by atoms with Crippen LogP contribution in [0.2, 0.25) is 0 Å². The molecule has 0 unspecified atom stereocenters. The first-order valence-electron chi connectivity index (χ1n) is 7.19. The van der Waals surface area contributed by atoms with Gasteiger partial charge in [0.05, 0.1) is 6.61 Å². The second-order valence-electron chi connectivity index (χ2n) is 5.32. The average molecular weight is 277 g/mol. The Morgan fingerprint density at radius 3 is 2.95 bits per heavy atom. The van der Waals surface area contributed by atoms with Crippen LogP contribution in [0.1, 0.15) is 30.3 Å². The van der Waals surface area contributed by atoms with E-state index in [1.165, 1.54) is 0 Å². The lowest BCUT2D eigenvalue weighted by atomic mass is 9.99. The third-order valence-corrected chi connectivity index (χ3v) is 3.69. The third kappa shape index (κ3) is 3.93. The summed E-state index contributed by atoms with van der Waals surface area (Å²) in [7, 11) is 1.67. The molecule has 2 heterocycles. The highest BCUT2D eigenvalue weighted by Crippen LogP contribution is 2.18. The lowest BCUT2D eigenvalue weighted by molar-refractivity contribution is 0.0691. The van der Waals surface area contributed by atoms with Gasteiger partial charge in [0, 0.05) is 38.6 Å². The smallest absolute Gasteiger partial charge is 0.272 e. The van der Waals surface area contributed by atoms with E-state index in [1.54, 1.807) is 13.3 Å². The van der Waals surface area contributed by atoms with Crippen LogP contribution >= 0.6 is 0 Å². The Morgan fingerprint density at radius 2 is 2.25 bits per heavy atom. The number of aromatic nitrogens is 1. The molecule has 5 nitrogen and oxygen atoms in total. The maximum Gasteiger partial charge on any atom is 0.272 e. The minimum absolute atomic E-state index is 0.0345. The van der Waals surface area contributed by atoms with E-state index in [0.717, 1.165) is 38.2 Å². The molecule has 0 radical (unpaired) electrons. The number of piperidine rings is 1. The predicted octanol–water partition coefficient (Wildman–Crippen LogP) is 2.01. The van der Waals surface area contributed by atoms with E-state index >= 15 is 0 Å². The van der Waals surface area contributed by atoms with Crippen LogP contribution in [-0.4, -0.2) is 49.1 Å². The largest absolute Gasteiger partial charge is 0.383 e. The molecule has 0 saturated carbocycles. The van der Waals surface area contributed by atoms with Crippen molar-refractivity contribution in [3.63, 3.8) is 0 Å². The van der Waals surface area contributed by atoms with E-state index in [-0.39, 0.29) is 5.91 Å². The Balaban J connectivity index is 1.97. The van der Waals surface area contributed by atoms with Crippen molar-refractivity contribution in [2.75, 3.05) is 38.7 Å². The number of likely N-dealkylation sites (tertiary alicyclic amines) is 1. The summed E-state index contributed by atoms with van der Waals surface area (Å²) in [4.78, 5) is 18.5. The fourth-order valence-electron chi connectivity index (χ4n) is 2.33. The van der Waals surface area contributed by atoms with E-state index in [4.69, 9.17) is 4.74 Å². The van der Waals surface area contributed by atoms with Crippen molar-refractivity contribution in [2.45, 2.75) is 19.8 Å². The van der Waals surface area contributed by atoms with Gasteiger partial charge < -0.3 is 15.0 Å². The first-order chi connectivity index (χ1) is 9.70. The average Bonchev–Trinajstić information content (AvgIpc) is 2.48. The number of nitrogens with zero attached hydrogens (tertiary/aromatic N) is 2. The second-order valence-corrected chi connectivity index (χ2v) is 5.32. The van der Waals surface area contributed by atoms with Crippen molar-refractivity contribution < 1.29 is 9.53 Å². The molecule has 0 bridgehead atoms. The van der Waals surface area contributed by atoms with Crippen LogP contribution in [0.25, 0.3) is 0 Å². The van der Waals surface area contributed by atoms with Gasteiger partial charge in [-0.05, 0) is 30.9 Å². The number of carbonyl (C=O) groups is 1. The molecule has 1 aromatic rings. The Labute approximate surface area is 120 Å². The molecule has 1 saturated heterocycles. The number of amides is 1. The van der Waals surface area contributed by atoms with Crippen molar-refractivity contribution in [2.24, 2.45) is 5.92 Å². The zero-order valence-corrected chi connectivity index (χ0v) is 12.3. The van der Waals surface area contributed by atoms with Crippen molar-refractivity contribution in [3.8, 4) is 0 Å². The Hall–Kier alpha value is -1.62. The summed E-state index contributed by atoms with van der Waals surface area (Å²) in [6.07, 6.45) is 3.84. The van der Waals surface area contributed by atoms with E-state index in [2.05, 4.69) is 17.2 Å². The van der Waals surface area contributed by atoms with E-state index in [9.17, 15) is 4.79 Å². The van der Waals surface area contributed by atoms with Crippen LogP contribution in [0.3, 0.4) is 0 Å². The molecular weight excluding hydrogens is 254 g/mol. The Bertz CT molecular complexity index is 442. The van der Waals surface area contributed by atoms with Crippen LogP contribution in [-0.2, 0) is 4.74 Å². The second kappa shape index (κ2) is 7.24. The normalized spacial score (nSPS) is 16.2. The van der Waals surface area contributed by atoms with E-state index < -0.39 is 0 Å². The molecule has 20 heavy (non-hydrogen) atoms. The van der Waals surface area contributed by atoms with Gasteiger partial charge in [-0.25, -0.2) is 0 Å². The number of nitrogens with one attached hydrogen (secondary N) is 1. The van der Waals surface area contributed by atoms with Gasteiger partial charge in [-0.15, -0.1) is 0 Å². The molecule has 1 aliphatic rings. The van der Waals surface area contributed by atoms with Crippen LogP contribution in [0.5, 0.6) is 0 Å². The molecule has 0 spiro atoms. The quantitative estimate of drug-likeness (QED) is 0.837. The lowest BCUT2D eigenvalue weighted by Crippen LogP contribution is -2.38. The van der Waals surface area contributed by atoms with Crippen LogP contribution in [0.4, 0.5) is 5.69 Å². The summed E-state index contributed by atoms with van der Waals surface area (Å²) in [6.45, 7) is 5.26. The zero-order chi connectivity index (χ0) is 14.4. The summed E-state index contributed by atoms with van der Waals surface area (Å²) < 4.78 is 4.99. The summed E-state index contributed by atoms with van der Waals surface area (Å²) in [5.41, 5.74) is 1.42. The van der Waals surface area contributed by atoms with E-state index in [0.29, 0.717) is 18.2 Å². The topological polar surface area (TPSA) is 54.5 Å². The molecule has 1 fully saturated rings. The van der Waals surface area contributed by atoms with Gasteiger partial charge in [-0.2, -0.15) is 0 Å². The fourth-order valence-corrected chi connectivity index (χ4v) is 2.33. The molecule has 0 aliphatic carbocycles. The molecule has 1 aliphatic heterocycles. The SMILES string of the molecule is COCCNc1ccnc(C(=O)N2CCC(C)CC2)c1. The number of methoxy groups -OCH3 is 1. The zero-order valence-electron chi connectivity index (χ0n) is 12.3. The van der Waals surface area contributed by atoms with Crippen molar-refractivity contribution in [1.82, 2.24) is 9.88 Å². The third-order valence-electron chi connectivity index (χ3n) is 3.69. The molecular formula is C15H23N3O2. The lowest BCUT2D eigenvalue weighted by Gasteiger charge is -2.30. The highest BCUT2D eigenvalue weighted by molar-refractivity contribution is 5.93. The summed E-state index contributed by atoms with van der Waals surface area (Å²) >= 11 is 0. The monoisotopic (exact) mass is 277 g/mol. The standard InChI is InChI=1S/C15H23N3O2/c1-12-4-8-18(9-5-12)15(19)14-11-13(3-6-17-14)16-7-10-20-2/h3,6,11-12H,4-5,7-10H2,1-2H3,(H,16,17). The van der Waals surface area contributed by atoms with Crippen molar-refractivity contribution in [3.05, 3.63) is 24.0 Å². The molecule has 0 aromatic carbocycles. The van der Waals surface area contributed by atoms with Gasteiger partial charge in [-0.1, -0.05) is 6.92 Å². The number of hydrogen-bond acceptors (Lipinski definition) is 4. The number of ether oxygens (including phenoxy) is 1. The summed E-state index contributed by atoms with van der Waals surface area (Å²) in [5.74, 6) is 0.751. The van der Waals surface area contributed by atoms with Gasteiger partial charge in [-0.3, -0.25) is 9.78 Å². The highest BCUT2D eigenvalue weighted by Gasteiger charge is 2.22. The molecule has 1 aromatic heterocycles. The molecule has 5 heteroatoms. The first kappa shape index (κ1) is 14.8. The van der Waals surface area contributed by atoms with Gasteiger partial charge in [0.15, 0.2) is 0 Å². The molecule has 1 amide bonds. The first-order valence-corrected chi connectivity index (χ1v) is 7.19. The summed E-state index contributed by atoms with van der Waals surface area (Å²) in [5, 5.41) is 3.22. The van der Waals surface area contributed by atoms with Crippen LogP contribution in [0.15, 0.2) is 18.3 Å². The Kier molecular flexibility index (Phi) is 5.35. The predicted molar refractivity (Wildman–Crippen MR) is 78.9 cm³/mol. The number of hydrogen-bond donors (Lipinski definition) is 1. The van der Waals surface area contributed by atoms with Crippen molar-refractivity contribution >= 4 is 11.6 Å². The van der Waals surface area contributed by atoms with Crippen LogP contribution in [0, 0.1) is 5.92 Å². The molecule has 2 rings (SSSR count). The number of rotatable bonds is 5. The molecule has 0 atom stereocenters. The van der Waals surface area contributed by atoms with Crippen LogP contribution < -0.4 is 5.32 Å².